The van der Waals surface area contributed by atoms with Crippen LogP contribution in [0.4, 0.5) is 0 Å². The summed E-state index contributed by atoms with van der Waals surface area (Å²) < 4.78 is 9.99. The molecular weight excluding hydrogens is 276 g/mol. The smallest absolute Gasteiger partial charge is 0.367 e. The number of rotatable bonds is 6. The van der Waals surface area contributed by atoms with Crippen LogP contribution in [0.1, 0.15) is 13.3 Å². The van der Waals surface area contributed by atoms with E-state index in [1.54, 1.807) is 6.92 Å². The van der Waals surface area contributed by atoms with Crippen molar-refractivity contribution in [2.75, 3.05) is 13.2 Å². The molecule has 6 N–H and O–H groups in total. The second-order valence-corrected chi connectivity index (χ2v) is 4.58. The number of hydrogen-bond acceptors (Lipinski definition) is 8. The number of carbonyl (C=O) groups is 1. The largest absolute Gasteiger partial charge is 0.477 e. The second-order valence-electron chi connectivity index (χ2n) is 4.58. The van der Waals surface area contributed by atoms with Gasteiger partial charge in [0.25, 0.3) is 5.79 Å². The minimum Gasteiger partial charge on any atom is -0.477 e. The van der Waals surface area contributed by atoms with Gasteiger partial charge in [0.2, 0.25) is 0 Å². The van der Waals surface area contributed by atoms with Crippen LogP contribution in [0.3, 0.4) is 0 Å². The number of aliphatic hydroxyl groups is 5. The molecule has 118 valence electrons. The molecule has 0 aromatic heterocycles. The van der Waals surface area contributed by atoms with Gasteiger partial charge in [-0.1, -0.05) is 6.92 Å². The second kappa shape index (κ2) is 6.76. The molecule has 0 bridgehead atoms. The Morgan fingerprint density at radius 3 is 2.40 bits per heavy atom. The molecule has 20 heavy (non-hydrogen) atoms. The molecule has 0 amide bonds. The maximum atomic E-state index is 11.4. The van der Waals surface area contributed by atoms with Gasteiger partial charge in [-0.25, -0.2) is 4.79 Å². The average molecular weight is 296 g/mol. The first-order chi connectivity index (χ1) is 9.31. The Balaban J connectivity index is 3.10. The van der Waals surface area contributed by atoms with Gasteiger partial charge in [-0.15, -0.1) is 0 Å². The summed E-state index contributed by atoms with van der Waals surface area (Å²) in [5.74, 6) is -4.32. The van der Waals surface area contributed by atoms with E-state index in [0.29, 0.717) is 6.42 Å². The van der Waals surface area contributed by atoms with E-state index in [-0.39, 0.29) is 6.61 Å². The van der Waals surface area contributed by atoms with Crippen molar-refractivity contribution in [3.63, 3.8) is 0 Å². The third-order valence-electron chi connectivity index (χ3n) is 3.10. The van der Waals surface area contributed by atoms with Crippen molar-refractivity contribution in [1.29, 1.82) is 0 Å². The highest BCUT2D eigenvalue weighted by Gasteiger charge is 2.60. The van der Waals surface area contributed by atoms with Crippen molar-refractivity contribution < 1.29 is 44.9 Å². The van der Waals surface area contributed by atoms with Gasteiger partial charge < -0.3 is 40.1 Å². The van der Waals surface area contributed by atoms with Crippen LogP contribution in [0.2, 0.25) is 0 Å². The first kappa shape index (κ1) is 17.2. The van der Waals surface area contributed by atoms with Crippen LogP contribution in [0, 0.1) is 0 Å². The Labute approximate surface area is 115 Å². The topological polar surface area (TPSA) is 157 Å². The van der Waals surface area contributed by atoms with Gasteiger partial charge in [-0.2, -0.15) is 0 Å². The Morgan fingerprint density at radius 1 is 1.35 bits per heavy atom. The lowest BCUT2D eigenvalue weighted by molar-refractivity contribution is -0.359. The Hall–Kier alpha value is -0.810. The maximum Gasteiger partial charge on any atom is 0.367 e. The highest BCUT2D eigenvalue weighted by atomic mass is 16.7. The predicted molar refractivity (Wildman–Crippen MR) is 62.6 cm³/mol. The molecule has 9 heteroatoms. The number of aliphatic hydroxyl groups excluding tert-OH is 5. The van der Waals surface area contributed by atoms with Gasteiger partial charge in [0.05, 0.1) is 13.2 Å². The van der Waals surface area contributed by atoms with Gasteiger partial charge in [0.1, 0.15) is 30.5 Å². The minimum atomic E-state index is -2.62. The quantitative estimate of drug-likeness (QED) is 0.301. The zero-order valence-electron chi connectivity index (χ0n) is 10.9. The van der Waals surface area contributed by atoms with Crippen LogP contribution in [-0.2, 0) is 14.3 Å². The molecular formula is C11H20O9. The third kappa shape index (κ3) is 2.93. The fourth-order valence-electron chi connectivity index (χ4n) is 1.97. The van der Waals surface area contributed by atoms with Gasteiger partial charge in [0.15, 0.2) is 0 Å². The van der Waals surface area contributed by atoms with Crippen molar-refractivity contribution in [1.82, 2.24) is 0 Å². The van der Waals surface area contributed by atoms with Crippen molar-refractivity contribution in [2.45, 2.75) is 49.7 Å². The summed E-state index contributed by atoms with van der Waals surface area (Å²) in [7, 11) is 0. The van der Waals surface area contributed by atoms with E-state index in [0.717, 1.165) is 0 Å². The molecule has 9 nitrogen and oxygen atoms in total. The van der Waals surface area contributed by atoms with Gasteiger partial charge >= 0.3 is 5.97 Å². The van der Waals surface area contributed by atoms with Gasteiger partial charge in [0, 0.05) is 0 Å². The highest BCUT2D eigenvalue weighted by Crippen LogP contribution is 2.33. The molecule has 1 heterocycles. The number of carboxylic acid groups (broad SMARTS) is 1. The first-order valence-corrected chi connectivity index (χ1v) is 6.20. The van der Waals surface area contributed by atoms with Crippen LogP contribution in [0.15, 0.2) is 0 Å². The number of carboxylic acids is 1. The molecule has 1 aliphatic rings. The first-order valence-electron chi connectivity index (χ1n) is 6.20. The van der Waals surface area contributed by atoms with E-state index in [4.69, 9.17) is 14.6 Å². The molecule has 6 atom stereocenters. The van der Waals surface area contributed by atoms with Crippen molar-refractivity contribution in [3.05, 3.63) is 0 Å². The summed E-state index contributed by atoms with van der Waals surface area (Å²) in [5, 5.41) is 56.9. The molecule has 1 fully saturated rings. The molecule has 1 aliphatic heterocycles. The van der Waals surface area contributed by atoms with Crippen LogP contribution < -0.4 is 0 Å². The van der Waals surface area contributed by atoms with Crippen LogP contribution in [-0.4, -0.2) is 86.1 Å². The normalized spacial score (nSPS) is 39.5. The fourth-order valence-corrected chi connectivity index (χ4v) is 1.97. The third-order valence-corrected chi connectivity index (χ3v) is 3.10. The summed E-state index contributed by atoms with van der Waals surface area (Å²) >= 11 is 0. The molecule has 0 aromatic rings. The minimum absolute atomic E-state index is 0.0892. The van der Waals surface area contributed by atoms with Gasteiger partial charge in [-0.05, 0) is 6.42 Å². The average Bonchev–Trinajstić information content (AvgIpc) is 2.43. The molecule has 0 saturated carbocycles. The number of hydrogen-bond donors (Lipinski definition) is 6. The summed E-state index contributed by atoms with van der Waals surface area (Å²) in [6.07, 6.45) is -8.59. The van der Waals surface area contributed by atoms with Gasteiger partial charge in [-0.3, -0.25) is 0 Å². The van der Waals surface area contributed by atoms with E-state index in [1.165, 1.54) is 0 Å². The van der Waals surface area contributed by atoms with E-state index in [2.05, 4.69) is 0 Å². The maximum absolute atomic E-state index is 11.4. The van der Waals surface area contributed by atoms with E-state index < -0.39 is 48.9 Å². The lowest BCUT2D eigenvalue weighted by Gasteiger charge is -2.46. The molecule has 0 spiro atoms. The molecule has 0 aliphatic carbocycles. The monoisotopic (exact) mass is 296 g/mol. The Bertz CT molecular complexity index is 336. The highest BCUT2D eigenvalue weighted by molar-refractivity contribution is 5.77. The lowest BCUT2D eigenvalue weighted by atomic mass is 9.90. The predicted octanol–water partition coefficient (Wildman–Crippen LogP) is -2.97. The summed E-state index contributed by atoms with van der Waals surface area (Å²) in [5.41, 5.74) is 0. The van der Waals surface area contributed by atoms with Crippen LogP contribution >= 0.6 is 0 Å². The summed E-state index contributed by atoms with van der Waals surface area (Å²) in [4.78, 5) is 11.4. The van der Waals surface area contributed by atoms with Crippen molar-refractivity contribution >= 4 is 5.97 Å². The fraction of sp³-hybridized carbons (Fsp3) is 0.909. The standard InChI is InChI=1S/C11H20O9/c1-2-3-19-11(10(17)18)9(16)7(15)6(14)8(20-11)5(13)4-12/h5-9,12-16H,2-4H2,1H3,(H,17,18)/t5-,6-,7+,8-,9+,11-/m1/s1. The molecule has 1 saturated heterocycles. The molecule has 0 aromatic carbocycles. The van der Waals surface area contributed by atoms with Crippen LogP contribution in [0.5, 0.6) is 0 Å². The molecule has 0 radical (unpaired) electrons. The SMILES string of the molecule is CCCO[C@@]1(C(=O)O)O[C@H]([C@H](O)CO)[C@H](O)[C@H](O)[C@@H]1O. The lowest BCUT2D eigenvalue weighted by Crippen LogP contribution is -2.70. The van der Waals surface area contributed by atoms with E-state index >= 15 is 0 Å². The molecule has 0 unspecified atom stereocenters. The summed E-state index contributed by atoms with van der Waals surface area (Å²) in [6.45, 7) is 0.776. The zero-order chi connectivity index (χ0) is 15.5. The number of aliphatic carboxylic acids is 1. The van der Waals surface area contributed by atoms with E-state index in [9.17, 15) is 30.3 Å². The number of ether oxygens (including phenoxy) is 2. The summed E-state index contributed by atoms with van der Waals surface area (Å²) in [6, 6.07) is 0. The van der Waals surface area contributed by atoms with E-state index in [1.807, 2.05) is 0 Å². The Morgan fingerprint density at radius 2 is 1.95 bits per heavy atom. The molecule has 1 rings (SSSR count). The van der Waals surface area contributed by atoms with Crippen molar-refractivity contribution in [2.24, 2.45) is 0 Å². The van der Waals surface area contributed by atoms with Crippen LogP contribution in [0.25, 0.3) is 0 Å². The van der Waals surface area contributed by atoms with Crippen molar-refractivity contribution in [3.8, 4) is 0 Å². The zero-order valence-corrected chi connectivity index (χ0v) is 10.9. The Kier molecular flexibility index (Phi) is 5.83.